The molecule has 0 unspecified atom stereocenters. The van der Waals surface area contributed by atoms with Crippen molar-refractivity contribution < 1.29 is 9.59 Å². The quantitative estimate of drug-likeness (QED) is 0.741. The summed E-state index contributed by atoms with van der Waals surface area (Å²) in [6, 6.07) is 13.2. The largest absolute Gasteiger partial charge is 0.356 e. The van der Waals surface area contributed by atoms with Crippen LogP contribution < -0.4 is 10.2 Å². The number of carbonyl (C=O) groups excluding carboxylic acids is 2. The highest BCUT2D eigenvalue weighted by Crippen LogP contribution is 2.34. The molecular formula is C20H20Cl2N2O2S. The molecule has 4 nitrogen and oxygen atoms in total. The minimum Gasteiger partial charge on any atom is -0.356 e. The number of halogens is 2. The average molecular weight is 423 g/mol. The predicted molar refractivity (Wildman–Crippen MR) is 112 cm³/mol. The molecule has 2 aromatic rings. The molecule has 0 radical (unpaired) electrons. The normalized spacial score (nSPS) is 13.2. The zero-order chi connectivity index (χ0) is 19.2. The fraction of sp³-hybridized carbons (Fsp3) is 0.300. The van der Waals surface area contributed by atoms with Gasteiger partial charge < -0.3 is 10.2 Å². The van der Waals surface area contributed by atoms with Crippen molar-refractivity contribution in [2.24, 2.45) is 0 Å². The van der Waals surface area contributed by atoms with Gasteiger partial charge in [0.25, 0.3) is 0 Å². The number of carbonyl (C=O) groups is 2. The van der Waals surface area contributed by atoms with E-state index in [1.165, 1.54) is 0 Å². The number of thioether (sulfide) groups is 1. The van der Waals surface area contributed by atoms with Crippen LogP contribution in [0.4, 0.5) is 5.69 Å². The summed E-state index contributed by atoms with van der Waals surface area (Å²) in [6.07, 6.45) is 1.02. The van der Waals surface area contributed by atoms with Crippen LogP contribution in [0.5, 0.6) is 0 Å². The maximum absolute atomic E-state index is 12.5. The smallest absolute Gasteiger partial charge is 0.227 e. The van der Waals surface area contributed by atoms with Crippen molar-refractivity contribution in [2.75, 3.05) is 23.7 Å². The molecule has 1 aliphatic heterocycles. The number of fused-ring (bicyclic) bond motifs is 1. The van der Waals surface area contributed by atoms with E-state index in [1.54, 1.807) is 22.7 Å². The monoisotopic (exact) mass is 422 g/mol. The van der Waals surface area contributed by atoms with E-state index in [0.29, 0.717) is 29.6 Å². The average Bonchev–Trinajstić information content (AvgIpc) is 2.65. The maximum Gasteiger partial charge on any atom is 0.227 e. The Balaban J connectivity index is 1.45. The first kappa shape index (κ1) is 20.1. The lowest BCUT2D eigenvalue weighted by molar-refractivity contribution is -0.125. The Morgan fingerprint density at radius 3 is 2.59 bits per heavy atom. The molecule has 1 aliphatic rings. The minimum atomic E-state index is -0.129. The number of para-hydroxylation sites is 1. The molecule has 0 spiro atoms. The number of nitrogens with zero attached hydrogens (tertiary/aromatic N) is 1. The van der Waals surface area contributed by atoms with Crippen LogP contribution in [0.25, 0.3) is 0 Å². The Bertz CT molecular complexity index is 824. The van der Waals surface area contributed by atoms with Gasteiger partial charge in [0.2, 0.25) is 11.8 Å². The first-order chi connectivity index (χ1) is 13.0. The zero-order valence-electron chi connectivity index (χ0n) is 14.7. The highest BCUT2D eigenvalue weighted by Gasteiger charge is 2.22. The van der Waals surface area contributed by atoms with Crippen LogP contribution in [0.3, 0.4) is 0 Å². The first-order valence-corrected chi connectivity index (χ1v) is 10.5. The number of hydrogen-bond donors (Lipinski definition) is 1. The molecule has 1 N–H and O–H groups in total. The third-order valence-corrected chi connectivity index (χ3v) is 5.73. The second kappa shape index (κ2) is 9.49. The summed E-state index contributed by atoms with van der Waals surface area (Å²) in [5.74, 6) is 0.729. The molecule has 2 amide bonds. The number of amides is 2. The number of nitrogens with one attached hydrogen (secondary N) is 1. The molecule has 3 rings (SSSR count). The topological polar surface area (TPSA) is 49.4 Å². The van der Waals surface area contributed by atoms with Gasteiger partial charge in [0, 0.05) is 46.6 Å². The van der Waals surface area contributed by atoms with Crippen molar-refractivity contribution in [1.29, 1.82) is 0 Å². The predicted octanol–water partition coefficient (Wildman–Crippen LogP) is 4.57. The van der Waals surface area contributed by atoms with Gasteiger partial charge in [-0.2, -0.15) is 0 Å². The van der Waals surface area contributed by atoms with E-state index in [-0.39, 0.29) is 24.7 Å². The van der Waals surface area contributed by atoms with E-state index in [2.05, 4.69) is 5.32 Å². The highest BCUT2D eigenvalue weighted by molar-refractivity contribution is 7.99. The lowest BCUT2D eigenvalue weighted by Gasteiger charge is -2.29. The van der Waals surface area contributed by atoms with Gasteiger partial charge in [0.15, 0.2) is 0 Å². The van der Waals surface area contributed by atoms with Crippen molar-refractivity contribution in [3.05, 3.63) is 58.1 Å². The standard InChI is InChI=1S/C20H20Cl2N2O2S/c21-15-11-14(12-16(22)13-15)7-8-23-19(25)5-6-20(26)24-9-10-27-18-4-2-1-3-17(18)24/h1-4,11-13H,5-10H2,(H,23,25). The van der Waals surface area contributed by atoms with Gasteiger partial charge in [-0.25, -0.2) is 0 Å². The van der Waals surface area contributed by atoms with Crippen LogP contribution >= 0.6 is 35.0 Å². The van der Waals surface area contributed by atoms with Crippen molar-refractivity contribution in [3.8, 4) is 0 Å². The molecular weight excluding hydrogens is 403 g/mol. The van der Waals surface area contributed by atoms with Gasteiger partial charge in [-0.3, -0.25) is 9.59 Å². The zero-order valence-corrected chi connectivity index (χ0v) is 17.0. The van der Waals surface area contributed by atoms with Gasteiger partial charge in [0.1, 0.15) is 0 Å². The Kier molecular flexibility index (Phi) is 7.05. The van der Waals surface area contributed by atoms with E-state index in [1.807, 2.05) is 36.4 Å². The summed E-state index contributed by atoms with van der Waals surface area (Å²) in [5, 5.41) is 4.00. The van der Waals surface area contributed by atoms with Crippen LogP contribution in [-0.2, 0) is 16.0 Å². The van der Waals surface area contributed by atoms with E-state index in [4.69, 9.17) is 23.2 Å². The van der Waals surface area contributed by atoms with Gasteiger partial charge in [0.05, 0.1) is 5.69 Å². The van der Waals surface area contributed by atoms with Crippen LogP contribution in [0, 0.1) is 0 Å². The summed E-state index contributed by atoms with van der Waals surface area (Å²) >= 11 is 13.7. The van der Waals surface area contributed by atoms with Crippen LogP contribution in [0.2, 0.25) is 10.0 Å². The van der Waals surface area contributed by atoms with Gasteiger partial charge in [-0.05, 0) is 42.3 Å². The molecule has 0 fully saturated rings. The molecule has 0 atom stereocenters. The second-order valence-corrected chi connectivity index (χ2v) is 8.25. The highest BCUT2D eigenvalue weighted by atomic mass is 35.5. The molecule has 0 bridgehead atoms. The van der Waals surface area contributed by atoms with E-state index in [9.17, 15) is 9.59 Å². The molecule has 0 aliphatic carbocycles. The van der Waals surface area contributed by atoms with Crippen molar-refractivity contribution in [3.63, 3.8) is 0 Å². The van der Waals surface area contributed by atoms with Gasteiger partial charge in [-0.1, -0.05) is 35.3 Å². The van der Waals surface area contributed by atoms with Crippen molar-refractivity contribution in [2.45, 2.75) is 24.2 Å². The van der Waals surface area contributed by atoms with Gasteiger partial charge >= 0.3 is 0 Å². The summed E-state index contributed by atoms with van der Waals surface area (Å²) in [6.45, 7) is 1.16. The minimum absolute atomic E-state index is 0.0143. The van der Waals surface area contributed by atoms with Crippen LogP contribution in [0.1, 0.15) is 18.4 Å². The summed E-state index contributed by atoms with van der Waals surface area (Å²) in [7, 11) is 0. The molecule has 7 heteroatoms. The molecule has 0 aromatic heterocycles. The number of hydrogen-bond acceptors (Lipinski definition) is 3. The summed E-state index contributed by atoms with van der Waals surface area (Å²) in [5.41, 5.74) is 1.91. The third-order valence-electron chi connectivity index (χ3n) is 4.25. The number of benzene rings is 2. The molecule has 0 saturated heterocycles. The maximum atomic E-state index is 12.5. The molecule has 0 saturated carbocycles. The first-order valence-electron chi connectivity index (χ1n) is 8.77. The Hall–Kier alpha value is -1.69. The lowest BCUT2D eigenvalue weighted by atomic mass is 10.1. The second-order valence-electron chi connectivity index (χ2n) is 6.24. The van der Waals surface area contributed by atoms with Crippen molar-refractivity contribution >= 4 is 52.5 Å². The summed E-state index contributed by atoms with van der Waals surface area (Å²) in [4.78, 5) is 27.5. The lowest BCUT2D eigenvalue weighted by Crippen LogP contribution is -2.36. The fourth-order valence-electron chi connectivity index (χ4n) is 2.97. The van der Waals surface area contributed by atoms with Crippen LogP contribution in [0.15, 0.2) is 47.4 Å². The van der Waals surface area contributed by atoms with Gasteiger partial charge in [-0.15, -0.1) is 11.8 Å². The van der Waals surface area contributed by atoms with Crippen molar-refractivity contribution in [1.82, 2.24) is 5.32 Å². The van der Waals surface area contributed by atoms with E-state index < -0.39 is 0 Å². The Labute approximate surface area is 173 Å². The number of rotatable bonds is 6. The SMILES string of the molecule is O=C(CCC(=O)N1CCSc2ccccc21)NCCc1cc(Cl)cc(Cl)c1. The van der Waals surface area contributed by atoms with Crippen LogP contribution in [-0.4, -0.2) is 30.7 Å². The Morgan fingerprint density at radius 1 is 1.07 bits per heavy atom. The fourth-order valence-corrected chi connectivity index (χ4v) is 4.54. The van der Waals surface area contributed by atoms with E-state index >= 15 is 0 Å². The third kappa shape index (κ3) is 5.64. The van der Waals surface area contributed by atoms with E-state index in [0.717, 1.165) is 21.9 Å². The molecule has 27 heavy (non-hydrogen) atoms. The molecule has 2 aromatic carbocycles. The summed E-state index contributed by atoms with van der Waals surface area (Å²) < 4.78 is 0. The number of anilines is 1. The molecule has 1 heterocycles. The molecule has 142 valence electrons. The Morgan fingerprint density at radius 2 is 1.81 bits per heavy atom.